The Morgan fingerprint density at radius 1 is 1.43 bits per heavy atom. The minimum Gasteiger partial charge on any atom is -0.491 e. The largest absolute Gasteiger partial charge is 0.491 e. The number of anilines is 1. The van der Waals surface area contributed by atoms with E-state index in [-0.39, 0.29) is 16.7 Å². The average Bonchev–Trinajstić information content (AvgIpc) is 2.81. The highest BCUT2D eigenvalue weighted by molar-refractivity contribution is 7.07. The van der Waals surface area contributed by atoms with Crippen LogP contribution in [-0.2, 0) is 6.54 Å². The zero-order chi connectivity index (χ0) is 15.4. The van der Waals surface area contributed by atoms with Crippen molar-refractivity contribution >= 4 is 22.7 Å². The van der Waals surface area contributed by atoms with Crippen LogP contribution >= 0.6 is 11.3 Å². The molecule has 2 N–H and O–H groups in total. The molecule has 2 rings (SSSR count). The Balaban J connectivity index is 2.18. The van der Waals surface area contributed by atoms with Crippen molar-refractivity contribution in [2.45, 2.75) is 26.5 Å². The highest BCUT2D eigenvalue weighted by Crippen LogP contribution is 2.27. The van der Waals surface area contributed by atoms with E-state index in [1.807, 2.05) is 13.8 Å². The first-order valence-corrected chi connectivity index (χ1v) is 7.18. The lowest BCUT2D eigenvalue weighted by Gasteiger charge is -2.12. The van der Waals surface area contributed by atoms with E-state index < -0.39 is 4.92 Å². The second-order valence-corrected chi connectivity index (χ2v) is 5.51. The Labute approximate surface area is 124 Å². The first-order valence-electron chi connectivity index (χ1n) is 6.31. The zero-order valence-electron chi connectivity index (χ0n) is 11.6. The van der Waals surface area contributed by atoms with Gasteiger partial charge in [-0.05, 0) is 13.8 Å². The molecule has 2 aromatic rings. The Morgan fingerprint density at radius 3 is 2.76 bits per heavy atom. The number of nitro groups is 1. The molecular formula is C13H15N3O4S. The number of ether oxygens (including phenoxy) is 1. The lowest BCUT2D eigenvalue weighted by Crippen LogP contribution is -2.07. The standard InChI is InChI=1S/C13H15N3O4S/c1-8(2)20-12-4-9(3-11(5-12)16(18)19)14-6-10-7-21-13(17)15-10/h3-5,7-8,14H,6H2,1-2H3,(H,15,17). The van der Waals surface area contributed by atoms with E-state index in [4.69, 9.17) is 4.74 Å². The molecule has 7 nitrogen and oxygen atoms in total. The molecule has 0 spiro atoms. The third-order valence-electron chi connectivity index (χ3n) is 2.53. The first kappa shape index (κ1) is 15.0. The van der Waals surface area contributed by atoms with Gasteiger partial charge in [-0.1, -0.05) is 11.3 Å². The summed E-state index contributed by atoms with van der Waals surface area (Å²) in [7, 11) is 0. The molecule has 1 aromatic carbocycles. The summed E-state index contributed by atoms with van der Waals surface area (Å²) in [5.74, 6) is 0.431. The Kier molecular flexibility index (Phi) is 4.59. The van der Waals surface area contributed by atoms with Gasteiger partial charge >= 0.3 is 4.87 Å². The van der Waals surface area contributed by atoms with E-state index in [1.54, 1.807) is 11.4 Å². The van der Waals surface area contributed by atoms with E-state index in [1.165, 1.54) is 12.1 Å². The van der Waals surface area contributed by atoms with Crippen LogP contribution in [0.1, 0.15) is 19.5 Å². The van der Waals surface area contributed by atoms with E-state index in [0.717, 1.165) is 17.0 Å². The van der Waals surface area contributed by atoms with Gasteiger partial charge in [0, 0.05) is 28.9 Å². The van der Waals surface area contributed by atoms with Crippen LogP contribution in [0, 0.1) is 10.1 Å². The maximum atomic E-state index is 11.0. The Morgan fingerprint density at radius 2 is 2.19 bits per heavy atom. The van der Waals surface area contributed by atoms with Crippen molar-refractivity contribution in [1.29, 1.82) is 0 Å². The molecule has 0 unspecified atom stereocenters. The number of hydrogen-bond donors (Lipinski definition) is 2. The van der Waals surface area contributed by atoms with Gasteiger partial charge in [-0.15, -0.1) is 0 Å². The van der Waals surface area contributed by atoms with Crippen molar-refractivity contribution in [2.24, 2.45) is 0 Å². The predicted molar refractivity (Wildman–Crippen MR) is 81.1 cm³/mol. The van der Waals surface area contributed by atoms with Crippen molar-refractivity contribution in [1.82, 2.24) is 4.98 Å². The van der Waals surface area contributed by atoms with Crippen LogP contribution in [0.4, 0.5) is 11.4 Å². The quantitative estimate of drug-likeness (QED) is 0.631. The minimum atomic E-state index is -0.467. The maximum absolute atomic E-state index is 11.0. The predicted octanol–water partition coefficient (Wildman–Crippen LogP) is 2.74. The van der Waals surface area contributed by atoms with Gasteiger partial charge in [0.2, 0.25) is 0 Å². The molecule has 0 bridgehead atoms. The van der Waals surface area contributed by atoms with Crippen molar-refractivity contribution in [3.63, 3.8) is 0 Å². The molecule has 0 aliphatic carbocycles. The third-order valence-corrected chi connectivity index (χ3v) is 3.25. The topological polar surface area (TPSA) is 97.3 Å². The molecule has 0 amide bonds. The van der Waals surface area contributed by atoms with Crippen LogP contribution in [0.2, 0.25) is 0 Å². The van der Waals surface area contributed by atoms with E-state index >= 15 is 0 Å². The molecule has 0 aliphatic rings. The van der Waals surface area contributed by atoms with Crippen molar-refractivity contribution in [3.05, 3.63) is 49.1 Å². The molecule has 0 radical (unpaired) electrons. The first-order chi connectivity index (χ1) is 9.94. The number of aromatic nitrogens is 1. The molecule has 0 fully saturated rings. The minimum absolute atomic E-state index is 0.0468. The number of benzene rings is 1. The van der Waals surface area contributed by atoms with Crippen LogP contribution in [0.5, 0.6) is 5.75 Å². The van der Waals surface area contributed by atoms with Crippen LogP contribution in [-0.4, -0.2) is 16.0 Å². The summed E-state index contributed by atoms with van der Waals surface area (Å²) in [5, 5.41) is 15.7. The summed E-state index contributed by atoms with van der Waals surface area (Å²) in [5.41, 5.74) is 1.24. The molecule has 21 heavy (non-hydrogen) atoms. The number of non-ortho nitro benzene ring substituents is 1. The molecule has 112 valence electrons. The Bertz CT molecular complexity index is 693. The number of nitro benzene ring substituents is 1. The highest BCUT2D eigenvalue weighted by atomic mass is 32.1. The molecule has 0 atom stereocenters. The fraction of sp³-hybridized carbons (Fsp3) is 0.308. The fourth-order valence-corrected chi connectivity index (χ4v) is 2.31. The van der Waals surface area contributed by atoms with Crippen LogP contribution < -0.4 is 14.9 Å². The monoisotopic (exact) mass is 309 g/mol. The summed E-state index contributed by atoms with van der Waals surface area (Å²) in [6, 6.07) is 4.51. The molecule has 0 aliphatic heterocycles. The van der Waals surface area contributed by atoms with Gasteiger partial charge in [0.15, 0.2) is 0 Å². The molecule has 8 heteroatoms. The molecule has 1 aromatic heterocycles. The van der Waals surface area contributed by atoms with Crippen molar-refractivity contribution in [3.8, 4) is 5.75 Å². The van der Waals surface area contributed by atoms with Gasteiger partial charge in [-0.3, -0.25) is 14.9 Å². The maximum Gasteiger partial charge on any atom is 0.304 e. The van der Waals surface area contributed by atoms with Crippen LogP contribution in [0.15, 0.2) is 28.4 Å². The van der Waals surface area contributed by atoms with E-state index in [0.29, 0.717) is 18.0 Å². The number of hydrogen-bond acceptors (Lipinski definition) is 6. The van der Waals surface area contributed by atoms with Crippen LogP contribution in [0.25, 0.3) is 0 Å². The number of aromatic amines is 1. The lowest BCUT2D eigenvalue weighted by atomic mass is 10.2. The highest BCUT2D eigenvalue weighted by Gasteiger charge is 2.11. The normalized spacial score (nSPS) is 10.6. The fourth-order valence-electron chi connectivity index (χ4n) is 1.73. The van der Waals surface area contributed by atoms with Crippen LogP contribution in [0.3, 0.4) is 0 Å². The molecule has 0 saturated heterocycles. The second kappa shape index (κ2) is 6.40. The van der Waals surface area contributed by atoms with Crippen molar-refractivity contribution in [2.75, 3.05) is 5.32 Å². The zero-order valence-corrected chi connectivity index (χ0v) is 12.4. The van der Waals surface area contributed by atoms with Gasteiger partial charge < -0.3 is 15.0 Å². The number of nitrogens with one attached hydrogen (secondary N) is 2. The van der Waals surface area contributed by atoms with Gasteiger partial charge in [-0.25, -0.2) is 0 Å². The summed E-state index contributed by atoms with van der Waals surface area (Å²) >= 11 is 1.08. The molecule has 0 saturated carbocycles. The Hall–Kier alpha value is -2.35. The smallest absolute Gasteiger partial charge is 0.304 e. The molecular weight excluding hydrogens is 294 g/mol. The lowest BCUT2D eigenvalue weighted by molar-refractivity contribution is -0.384. The number of rotatable bonds is 6. The summed E-state index contributed by atoms with van der Waals surface area (Å²) in [6.07, 6.45) is -0.0758. The summed E-state index contributed by atoms with van der Waals surface area (Å²) < 4.78 is 5.50. The SMILES string of the molecule is CC(C)Oc1cc(NCc2csc(=O)[nH]2)cc([N+](=O)[O-])c1. The van der Waals surface area contributed by atoms with Gasteiger partial charge in [-0.2, -0.15) is 0 Å². The molecule has 1 heterocycles. The summed E-state index contributed by atoms with van der Waals surface area (Å²) in [6.45, 7) is 4.07. The van der Waals surface area contributed by atoms with Gasteiger partial charge in [0.25, 0.3) is 5.69 Å². The van der Waals surface area contributed by atoms with Crippen molar-refractivity contribution < 1.29 is 9.66 Å². The third kappa shape index (κ3) is 4.32. The van der Waals surface area contributed by atoms with Gasteiger partial charge in [0.1, 0.15) is 5.75 Å². The second-order valence-electron chi connectivity index (χ2n) is 4.67. The number of H-pyrrole nitrogens is 1. The average molecular weight is 309 g/mol. The number of thiazole rings is 1. The van der Waals surface area contributed by atoms with Gasteiger partial charge in [0.05, 0.1) is 23.6 Å². The van der Waals surface area contributed by atoms with E-state index in [9.17, 15) is 14.9 Å². The van der Waals surface area contributed by atoms with E-state index in [2.05, 4.69) is 10.3 Å². The summed E-state index contributed by atoms with van der Waals surface area (Å²) in [4.78, 5) is 24.1. The number of nitrogens with zero attached hydrogens (tertiary/aromatic N) is 1.